The van der Waals surface area contributed by atoms with E-state index < -0.39 is 5.97 Å². The Balaban J connectivity index is 2.38. The molecule has 22 heavy (non-hydrogen) atoms. The Morgan fingerprint density at radius 1 is 1.32 bits per heavy atom. The number of carbonyl (C=O) groups is 1. The lowest BCUT2D eigenvalue weighted by atomic mass is 10.2. The average Bonchev–Trinajstić information content (AvgIpc) is 2.85. The Labute approximate surface area is 134 Å². The Morgan fingerprint density at radius 2 is 2.09 bits per heavy atom. The fourth-order valence-corrected chi connectivity index (χ4v) is 2.47. The molecule has 2 aromatic heterocycles. The first-order valence-electron chi connectivity index (χ1n) is 6.12. The molecule has 0 amide bonds. The summed E-state index contributed by atoms with van der Waals surface area (Å²) in [4.78, 5) is 15.3. The van der Waals surface area contributed by atoms with Gasteiger partial charge in [0.1, 0.15) is 16.6 Å². The van der Waals surface area contributed by atoms with Crippen LogP contribution in [-0.2, 0) is 0 Å². The normalized spacial score (nSPS) is 10.9. The number of aromatic carboxylic acids is 1. The molecule has 0 fully saturated rings. The number of hydrogen-bond acceptors (Lipinski definition) is 4. The summed E-state index contributed by atoms with van der Waals surface area (Å²) in [7, 11) is 1.51. The van der Waals surface area contributed by atoms with Gasteiger partial charge >= 0.3 is 5.97 Å². The molecule has 3 aromatic rings. The summed E-state index contributed by atoms with van der Waals surface area (Å²) < 4.78 is 6.72. The number of halogens is 2. The topological polar surface area (TPSA) is 77.2 Å². The molecular weight excluding hydrogens is 329 g/mol. The van der Waals surface area contributed by atoms with E-state index in [0.717, 1.165) is 0 Å². The predicted octanol–water partition coefficient (Wildman–Crippen LogP) is 3.43. The van der Waals surface area contributed by atoms with E-state index in [0.29, 0.717) is 27.4 Å². The number of carboxylic acid groups (broad SMARTS) is 1. The average molecular weight is 338 g/mol. The van der Waals surface area contributed by atoms with Crippen molar-refractivity contribution in [1.29, 1.82) is 0 Å². The van der Waals surface area contributed by atoms with E-state index in [1.165, 1.54) is 24.1 Å². The van der Waals surface area contributed by atoms with Crippen LogP contribution >= 0.6 is 23.2 Å². The molecule has 0 saturated carbocycles. The first-order chi connectivity index (χ1) is 10.5. The van der Waals surface area contributed by atoms with Crippen LogP contribution in [-0.4, -0.2) is 33.0 Å². The Hall–Kier alpha value is -2.31. The summed E-state index contributed by atoms with van der Waals surface area (Å²) in [6, 6.07) is 6.51. The number of pyridine rings is 1. The summed E-state index contributed by atoms with van der Waals surface area (Å²) in [5.74, 6) is -0.660. The molecule has 0 atom stereocenters. The SMILES string of the molecule is COc1ccc(Cl)cc1-n1nc(C(=O)O)c2cnc(Cl)cc21. The number of methoxy groups -OCH3 is 1. The van der Waals surface area contributed by atoms with Crippen molar-refractivity contribution < 1.29 is 14.6 Å². The fourth-order valence-electron chi connectivity index (χ4n) is 2.16. The van der Waals surface area contributed by atoms with Crippen molar-refractivity contribution in [3.63, 3.8) is 0 Å². The molecule has 1 aromatic carbocycles. The van der Waals surface area contributed by atoms with Crippen LogP contribution in [0.5, 0.6) is 5.75 Å². The van der Waals surface area contributed by atoms with Crippen molar-refractivity contribution in [1.82, 2.24) is 14.8 Å². The van der Waals surface area contributed by atoms with Crippen molar-refractivity contribution >= 4 is 40.1 Å². The number of benzene rings is 1. The van der Waals surface area contributed by atoms with Crippen LogP contribution in [0.1, 0.15) is 10.5 Å². The number of carboxylic acids is 1. The maximum atomic E-state index is 11.4. The minimum atomic E-state index is -1.16. The van der Waals surface area contributed by atoms with Crippen LogP contribution in [0.2, 0.25) is 10.2 Å². The fraction of sp³-hybridized carbons (Fsp3) is 0.0714. The molecule has 1 N–H and O–H groups in total. The molecule has 6 nitrogen and oxygen atoms in total. The molecule has 0 radical (unpaired) electrons. The zero-order chi connectivity index (χ0) is 15.9. The first-order valence-corrected chi connectivity index (χ1v) is 6.88. The quantitative estimate of drug-likeness (QED) is 0.741. The third-order valence-corrected chi connectivity index (χ3v) is 3.55. The molecule has 0 unspecified atom stereocenters. The number of fused-ring (bicyclic) bond motifs is 1. The molecule has 3 rings (SSSR count). The lowest BCUT2D eigenvalue weighted by Gasteiger charge is -2.09. The monoisotopic (exact) mass is 337 g/mol. The van der Waals surface area contributed by atoms with Crippen molar-refractivity contribution in [3.05, 3.63) is 46.3 Å². The predicted molar refractivity (Wildman–Crippen MR) is 82.4 cm³/mol. The van der Waals surface area contributed by atoms with Crippen LogP contribution in [0.4, 0.5) is 0 Å². The van der Waals surface area contributed by atoms with Crippen molar-refractivity contribution in [2.24, 2.45) is 0 Å². The summed E-state index contributed by atoms with van der Waals surface area (Å²) in [5, 5.41) is 14.5. The van der Waals surface area contributed by atoms with Crippen molar-refractivity contribution in [2.45, 2.75) is 0 Å². The second kappa shape index (κ2) is 5.47. The highest BCUT2D eigenvalue weighted by Crippen LogP contribution is 2.30. The van der Waals surface area contributed by atoms with E-state index in [2.05, 4.69) is 10.1 Å². The van der Waals surface area contributed by atoms with Crippen LogP contribution in [0, 0.1) is 0 Å². The number of hydrogen-bond donors (Lipinski definition) is 1. The standard InChI is InChI=1S/C14H9Cl2N3O3/c1-22-11-3-2-7(15)4-10(11)19-9-5-12(16)17-6-8(9)13(18-19)14(20)21/h2-6H,1H3,(H,20,21). The van der Waals surface area contributed by atoms with Gasteiger partial charge in [0.05, 0.1) is 18.0 Å². The van der Waals surface area contributed by atoms with E-state index in [1.807, 2.05) is 0 Å². The largest absolute Gasteiger partial charge is 0.494 e. The summed E-state index contributed by atoms with van der Waals surface area (Å²) in [6.45, 7) is 0. The molecule has 0 aliphatic heterocycles. The molecule has 0 spiro atoms. The minimum absolute atomic E-state index is 0.124. The number of nitrogens with zero attached hydrogens (tertiary/aromatic N) is 3. The van der Waals surface area contributed by atoms with Crippen LogP contribution in [0.25, 0.3) is 16.6 Å². The van der Waals surface area contributed by atoms with Gasteiger partial charge in [0.2, 0.25) is 0 Å². The zero-order valence-corrected chi connectivity index (χ0v) is 12.8. The third kappa shape index (κ3) is 2.36. The third-order valence-electron chi connectivity index (χ3n) is 3.10. The molecule has 2 heterocycles. The van der Waals surface area contributed by atoms with Crippen molar-refractivity contribution in [2.75, 3.05) is 7.11 Å². The van der Waals surface area contributed by atoms with Gasteiger partial charge in [-0.1, -0.05) is 23.2 Å². The first kappa shape index (κ1) is 14.6. The Bertz CT molecular complexity index is 892. The van der Waals surface area contributed by atoms with E-state index in [9.17, 15) is 9.90 Å². The van der Waals surface area contributed by atoms with Gasteiger partial charge in [-0.15, -0.1) is 0 Å². The summed E-state index contributed by atoms with van der Waals surface area (Å²) in [6.07, 6.45) is 1.38. The molecule has 0 aliphatic rings. The van der Waals surface area contributed by atoms with E-state index in [1.54, 1.807) is 18.2 Å². The second-order valence-corrected chi connectivity index (χ2v) is 5.23. The summed E-state index contributed by atoms with van der Waals surface area (Å²) >= 11 is 11.9. The summed E-state index contributed by atoms with van der Waals surface area (Å²) in [5.41, 5.74) is 0.883. The van der Waals surface area contributed by atoms with E-state index in [-0.39, 0.29) is 10.8 Å². The molecular formula is C14H9Cl2N3O3. The molecule has 0 aliphatic carbocycles. The lowest BCUT2D eigenvalue weighted by molar-refractivity contribution is 0.0692. The maximum Gasteiger partial charge on any atom is 0.357 e. The van der Waals surface area contributed by atoms with Gasteiger partial charge in [-0.25, -0.2) is 14.5 Å². The van der Waals surface area contributed by atoms with E-state index >= 15 is 0 Å². The molecule has 8 heteroatoms. The van der Waals surface area contributed by atoms with E-state index in [4.69, 9.17) is 27.9 Å². The highest BCUT2D eigenvalue weighted by Gasteiger charge is 2.20. The zero-order valence-electron chi connectivity index (χ0n) is 11.2. The van der Waals surface area contributed by atoms with Gasteiger partial charge in [-0.05, 0) is 18.2 Å². The lowest BCUT2D eigenvalue weighted by Crippen LogP contribution is -2.03. The highest BCUT2D eigenvalue weighted by atomic mass is 35.5. The number of ether oxygens (including phenoxy) is 1. The van der Waals surface area contributed by atoms with Gasteiger partial charge in [-0.3, -0.25) is 0 Å². The van der Waals surface area contributed by atoms with Gasteiger partial charge < -0.3 is 9.84 Å². The molecule has 0 saturated heterocycles. The van der Waals surface area contributed by atoms with Crippen LogP contribution in [0.15, 0.2) is 30.5 Å². The molecule has 0 bridgehead atoms. The number of aromatic nitrogens is 3. The van der Waals surface area contributed by atoms with Gasteiger partial charge in [0, 0.05) is 17.3 Å². The highest BCUT2D eigenvalue weighted by molar-refractivity contribution is 6.31. The van der Waals surface area contributed by atoms with Gasteiger partial charge in [-0.2, -0.15) is 5.10 Å². The Kier molecular flexibility index (Phi) is 3.64. The Morgan fingerprint density at radius 3 is 2.77 bits per heavy atom. The van der Waals surface area contributed by atoms with Crippen LogP contribution < -0.4 is 4.74 Å². The minimum Gasteiger partial charge on any atom is -0.494 e. The smallest absolute Gasteiger partial charge is 0.357 e. The maximum absolute atomic E-state index is 11.4. The molecule has 112 valence electrons. The van der Waals surface area contributed by atoms with Crippen LogP contribution in [0.3, 0.4) is 0 Å². The van der Waals surface area contributed by atoms with Crippen molar-refractivity contribution in [3.8, 4) is 11.4 Å². The second-order valence-electron chi connectivity index (χ2n) is 4.41. The van der Waals surface area contributed by atoms with Gasteiger partial charge in [0.15, 0.2) is 5.69 Å². The van der Waals surface area contributed by atoms with Gasteiger partial charge in [0.25, 0.3) is 0 Å². The number of rotatable bonds is 3.